The Morgan fingerprint density at radius 2 is 1.92 bits per heavy atom. The van der Waals surface area contributed by atoms with Gasteiger partial charge >= 0.3 is 0 Å². The van der Waals surface area contributed by atoms with Crippen molar-refractivity contribution >= 4 is 9.24 Å². The van der Waals surface area contributed by atoms with Crippen molar-refractivity contribution in [2.24, 2.45) is 17.8 Å². The van der Waals surface area contributed by atoms with E-state index in [-0.39, 0.29) is 0 Å². The molecule has 1 aliphatic carbocycles. The molecule has 1 aliphatic rings. The molecular formula is C11H19P. The van der Waals surface area contributed by atoms with E-state index in [1.54, 1.807) is 0 Å². The Morgan fingerprint density at radius 1 is 1.25 bits per heavy atom. The van der Waals surface area contributed by atoms with Gasteiger partial charge in [0.1, 0.15) is 0 Å². The van der Waals surface area contributed by atoms with Gasteiger partial charge in [0.05, 0.1) is 0 Å². The molecule has 0 saturated heterocycles. The molecule has 0 heterocycles. The maximum Gasteiger partial charge on any atom is -0.00542 e. The van der Waals surface area contributed by atoms with E-state index in [1.807, 2.05) is 0 Å². The molecule has 0 N–H and O–H groups in total. The standard InChI is InChI=1S/C11H19P/c1-4-5-10-8(2)6-7-11(12)9(10)3/h4-11H,12H2,1-3H3/b5-4-. The summed E-state index contributed by atoms with van der Waals surface area (Å²) in [5, 5.41) is 0. The van der Waals surface area contributed by atoms with Crippen LogP contribution >= 0.6 is 9.24 Å². The lowest BCUT2D eigenvalue weighted by molar-refractivity contribution is 0.349. The zero-order chi connectivity index (χ0) is 9.14. The van der Waals surface area contributed by atoms with Crippen LogP contribution < -0.4 is 0 Å². The van der Waals surface area contributed by atoms with Gasteiger partial charge in [-0.05, 0) is 30.3 Å². The zero-order valence-corrected chi connectivity index (χ0v) is 9.35. The molecule has 0 amide bonds. The van der Waals surface area contributed by atoms with E-state index in [9.17, 15) is 0 Å². The summed E-state index contributed by atoms with van der Waals surface area (Å²) < 4.78 is 0. The Hall–Kier alpha value is -0.0900. The summed E-state index contributed by atoms with van der Waals surface area (Å²) >= 11 is 0. The second kappa shape index (κ2) is 4.23. The van der Waals surface area contributed by atoms with Crippen LogP contribution in [-0.4, -0.2) is 5.66 Å². The Bertz CT molecular complexity index is 193. The van der Waals surface area contributed by atoms with E-state index in [0.29, 0.717) is 11.6 Å². The van der Waals surface area contributed by atoms with Crippen LogP contribution in [0.15, 0.2) is 24.3 Å². The second-order valence-corrected chi connectivity index (χ2v) is 4.55. The highest BCUT2D eigenvalue weighted by Crippen LogP contribution is 2.34. The Labute approximate surface area is 78.3 Å². The van der Waals surface area contributed by atoms with Gasteiger partial charge in [0.25, 0.3) is 0 Å². The molecule has 0 aliphatic heterocycles. The SMILES string of the molecule is C/C=C\C1C(C)C=CC(P)C1C. The summed E-state index contributed by atoms with van der Waals surface area (Å²) in [6.07, 6.45) is 9.17. The molecule has 0 aromatic carbocycles. The molecule has 0 radical (unpaired) electrons. The van der Waals surface area contributed by atoms with Gasteiger partial charge in [-0.25, -0.2) is 0 Å². The van der Waals surface area contributed by atoms with Gasteiger partial charge in [0.2, 0.25) is 0 Å². The molecule has 1 rings (SSSR count). The van der Waals surface area contributed by atoms with Crippen LogP contribution in [0, 0.1) is 17.8 Å². The molecule has 5 atom stereocenters. The monoisotopic (exact) mass is 182 g/mol. The highest BCUT2D eigenvalue weighted by atomic mass is 31.0. The fourth-order valence-corrected chi connectivity index (χ4v) is 2.30. The topological polar surface area (TPSA) is 0 Å². The third-order valence-corrected chi connectivity index (χ3v) is 3.70. The molecule has 0 nitrogen and oxygen atoms in total. The van der Waals surface area contributed by atoms with Crippen molar-refractivity contribution in [3.8, 4) is 0 Å². The Kier molecular flexibility index (Phi) is 3.53. The molecule has 0 spiro atoms. The zero-order valence-electron chi connectivity index (χ0n) is 8.20. The molecule has 0 aromatic rings. The van der Waals surface area contributed by atoms with Gasteiger partial charge in [-0.1, -0.05) is 38.2 Å². The minimum absolute atomic E-state index is 0.655. The summed E-state index contributed by atoms with van der Waals surface area (Å²) in [5.41, 5.74) is 0.655. The van der Waals surface area contributed by atoms with Crippen LogP contribution in [0.1, 0.15) is 20.8 Å². The predicted octanol–water partition coefficient (Wildman–Crippen LogP) is 3.26. The highest BCUT2D eigenvalue weighted by Gasteiger charge is 2.26. The number of allylic oxidation sites excluding steroid dienone is 4. The fraction of sp³-hybridized carbons (Fsp3) is 0.636. The summed E-state index contributed by atoms with van der Waals surface area (Å²) in [6, 6.07) is 0. The van der Waals surface area contributed by atoms with Crippen LogP contribution in [0.5, 0.6) is 0 Å². The average Bonchev–Trinajstić information content (AvgIpc) is 2.06. The highest BCUT2D eigenvalue weighted by molar-refractivity contribution is 7.18. The third-order valence-electron chi connectivity index (χ3n) is 2.87. The van der Waals surface area contributed by atoms with Gasteiger partial charge in [-0.15, -0.1) is 9.24 Å². The number of hydrogen-bond acceptors (Lipinski definition) is 0. The summed E-state index contributed by atoms with van der Waals surface area (Å²) in [7, 11) is 2.91. The second-order valence-electron chi connectivity index (χ2n) is 3.78. The summed E-state index contributed by atoms with van der Waals surface area (Å²) in [5.74, 6) is 2.18. The number of hydrogen-bond donors (Lipinski definition) is 0. The van der Waals surface area contributed by atoms with Crippen molar-refractivity contribution in [1.82, 2.24) is 0 Å². The van der Waals surface area contributed by atoms with E-state index < -0.39 is 0 Å². The van der Waals surface area contributed by atoms with Gasteiger partial charge in [-0.3, -0.25) is 0 Å². The van der Waals surface area contributed by atoms with Gasteiger partial charge in [0, 0.05) is 0 Å². The third kappa shape index (κ3) is 1.98. The van der Waals surface area contributed by atoms with Gasteiger partial charge in [0.15, 0.2) is 0 Å². The van der Waals surface area contributed by atoms with E-state index in [4.69, 9.17) is 0 Å². The maximum absolute atomic E-state index is 2.91. The molecular weight excluding hydrogens is 163 g/mol. The lowest BCUT2D eigenvalue weighted by Gasteiger charge is -2.32. The predicted molar refractivity (Wildman–Crippen MR) is 59.3 cm³/mol. The molecule has 0 aromatic heterocycles. The van der Waals surface area contributed by atoms with Crippen molar-refractivity contribution in [2.45, 2.75) is 26.4 Å². The van der Waals surface area contributed by atoms with E-state index in [1.165, 1.54) is 0 Å². The number of rotatable bonds is 1. The lowest BCUT2D eigenvalue weighted by atomic mass is 9.77. The van der Waals surface area contributed by atoms with E-state index in [2.05, 4.69) is 54.3 Å². The van der Waals surface area contributed by atoms with Crippen LogP contribution in [0.2, 0.25) is 0 Å². The molecule has 0 fully saturated rings. The molecule has 68 valence electrons. The van der Waals surface area contributed by atoms with Gasteiger partial charge in [-0.2, -0.15) is 0 Å². The first kappa shape index (κ1) is 9.99. The lowest BCUT2D eigenvalue weighted by Crippen LogP contribution is -2.26. The molecule has 12 heavy (non-hydrogen) atoms. The first-order valence-electron chi connectivity index (χ1n) is 4.73. The van der Waals surface area contributed by atoms with E-state index >= 15 is 0 Å². The quantitative estimate of drug-likeness (QED) is 0.431. The van der Waals surface area contributed by atoms with Crippen molar-refractivity contribution in [3.63, 3.8) is 0 Å². The smallest absolute Gasteiger partial charge is 0.00542 e. The summed E-state index contributed by atoms with van der Waals surface area (Å²) in [6.45, 7) is 6.74. The van der Waals surface area contributed by atoms with Gasteiger partial charge < -0.3 is 0 Å². The van der Waals surface area contributed by atoms with Crippen LogP contribution in [0.4, 0.5) is 0 Å². The van der Waals surface area contributed by atoms with Crippen molar-refractivity contribution < 1.29 is 0 Å². The Balaban J connectivity index is 2.77. The van der Waals surface area contributed by atoms with Crippen LogP contribution in [0.25, 0.3) is 0 Å². The molecule has 1 heteroatoms. The maximum atomic E-state index is 2.91. The normalized spacial score (nSPS) is 42.3. The first-order chi connectivity index (χ1) is 5.66. The van der Waals surface area contributed by atoms with Crippen molar-refractivity contribution in [3.05, 3.63) is 24.3 Å². The fourth-order valence-electron chi connectivity index (χ4n) is 1.92. The first-order valence-corrected chi connectivity index (χ1v) is 5.40. The van der Waals surface area contributed by atoms with Crippen LogP contribution in [-0.2, 0) is 0 Å². The van der Waals surface area contributed by atoms with E-state index in [0.717, 1.165) is 11.8 Å². The summed E-state index contributed by atoms with van der Waals surface area (Å²) in [4.78, 5) is 0. The Morgan fingerprint density at radius 3 is 2.50 bits per heavy atom. The largest absolute Gasteiger partial charge is 0.130 e. The average molecular weight is 182 g/mol. The van der Waals surface area contributed by atoms with Crippen molar-refractivity contribution in [1.29, 1.82) is 0 Å². The minimum atomic E-state index is 0.655. The van der Waals surface area contributed by atoms with Crippen molar-refractivity contribution in [2.75, 3.05) is 0 Å². The van der Waals surface area contributed by atoms with Crippen LogP contribution in [0.3, 0.4) is 0 Å². The molecule has 5 unspecified atom stereocenters. The minimum Gasteiger partial charge on any atom is -0.130 e. The molecule has 0 saturated carbocycles. The molecule has 0 bridgehead atoms.